The summed E-state index contributed by atoms with van der Waals surface area (Å²) in [7, 11) is 0. The van der Waals surface area contributed by atoms with Crippen LogP contribution in [0.4, 0.5) is 25.8 Å². The monoisotopic (exact) mass is 808 g/mol. The lowest BCUT2D eigenvalue weighted by Crippen LogP contribution is -2.10. The van der Waals surface area contributed by atoms with Crippen molar-refractivity contribution in [2.45, 2.75) is 55.8 Å². The zero-order valence-corrected chi connectivity index (χ0v) is 34.8. The molecule has 3 unspecified atom stereocenters. The second-order valence-electron chi connectivity index (χ2n) is 17.1. The Hall–Kier alpha value is -7.09. The number of nitrogens with zero attached hydrogens (tertiary/aromatic N) is 2. The summed E-state index contributed by atoms with van der Waals surface area (Å²) in [5.74, 6) is -1.36. The van der Waals surface area contributed by atoms with Crippen LogP contribution in [-0.4, -0.2) is 0 Å². The van der Waals surface area contributed by atoms with Crippen molar-refractivity contribution in [1.82, 2.24) is 0 Å². The largest absolute Gasteiger partial charge is 0.310 e. The Morgan fingerprint density at radius 2 is 1.05 bits per heavy atom. The molecule has 10 rings (SSSR count). The van der Waals surface area contributed by atoms with Gasteiger partial charge in [-0.1, -0.05) is 152 Å². The molecule has 0 N–H and O–H groups in total. The Morgan fingerprint density at radius 1 is 0.500 bits per heavy atom. The summed E-state index contributed by atoms with van der Waals surface area (Å²) in [6, 6.07) is 71.9. The summed E-state index contributed by atoms with van der Waals surface area (Å²) < 4.78 is 29.6. The molecule has 0 bridgehead atoms. The van der Waals surface area contributed by atoms with Gasteiger partial charge in [-0.05, 0) is 147 Å². The number of hydrogen-bond donors (Lipinski definition) is 0. The first kappa shape index (κ1) is 39.1. The molecular weight excluding hydrogens is 763 g/mol. The summed E-state index contributed by atoms with van der Waals surface area (Å²) in [6.07, 6.45) is 0.995. The number of hydrogen-bond acceptors (Lipinski definition) is 2. The highest BCUT2D eigenvalue weighted by molar-refractivity contribution is 5.83. The van der Waals surface area contributed by atoms with Crippen molar-refractivity contribution < 1.29 is 8.78 Å². The molecule has 302 valence electrons. The maximum atomic E-state index is 14.8. The van der Waals surface area contributed by atoms with Gasteiger partial charge in [-0.15, -0.1) is 0 Å². The lowest BCUT2D eigenvalue weighted by atomic mass is 9.89. The Morgan fingerprint density at radius 3 is 1.61 bits per heavy atom. The standard InChI is InChI=1S/C58H46F2N2/c1-38-23-25-44(57-55(42-15-7-3-8-16-42)56(57)43-17-9-4-10-18-43)34-50(38)52-35-47(62(45-19-11-5-12-20-45)46-21-13-6-14-22-46)30-32-49(52)53-36-51(53)41-28-26-40(27-29-41)48-31-24-39(37-61)33-54(48)58(2,59)60/h3-35,51,53,55-57H,36H2,1-2H3/t51-,53?,55?,56?,57?/m0/s1. The lowest BCUT2D eigenvalue weighted by molar-refractivity contribution is 0.0180. The zero-order valence-electron chi connectivity index (χ0n) is 34.8. The molecule has 4 atom stereocenters. The second-order valence-corrected chi connectivity index (χ2v) is 17.1. The van der Waals surface area contributed by atoms with Crippen LogP contribution in [0.15, 0.2) is 200 Å². The van der Waals surface area contributed by atoms with E-state index in [2.05, 4.69) is 182 Å². The van der Waals surface area contributed by atoms with Crippen LogP contribution in [0.2, 0.25) is 0 Å². The lowest BCUT2D eigenvalue weighted by Gasteiger charge is -2.27. The average Bonchev–Trinajstić information content (AvgIpc) is 4.26. The van der Waals surface area contributed by atoms with E-state index in [0.717, 1.165) is 30.4 Å². The third kappa shape index (κ3) is 7.50. The summed E-state index contributed by atoms with van der Waals surface area (Å²) in [5.41, 5.74) is 14.9. The minimum atomic E-state index is -3.08. The van der Waals surface area contributed by atoms with E-state index in [1.165, 1.54) is 50.6 Å². The predicted octanol–water partition coefficient (Wildman–Crippen LogP) is 15.7. The fourth-order valence-electron chi connectivity index (χ4n) is 9.93. The van der Waals surface area contributed by atoms with Gasteiger partial charge < -0.3 is 4.90 Å². The van der Waals surface area contributed by atoms with Crippen LogP contribution in [0.5, 0.6) is 0 Å². The van der Waals surface area contributed by atoms with Gasteiger partial charge in [-0.3, -0.25) is 0 Å². The highest BCUT2D eigenvalue weighted by Crippen LogP contribution is 2.66. The number of anilines is 3. The maximum Gasteiger partial charge on any atom is 0.271 e. The molecule has 2 nitrogen and oxygen atoms in total. The molecule has 0 aromatic heterocycles. The van der Waals surface area contributed by atoms with E-state index < -0.39 is 5.92 Å². The molecule has 2 saturated carbocycles. The number of halogens is 2. The van der Waals surface area contributed by atoms with Crippen LogP contribution in [0.25, 0.3) is 22.3 Å². The van der Waals surface area contributed by atoms with Gasteiger partial charge in [-0.25, -0.2) is 8.78 Å². The number of para-hydroxylation sites is 2. The molecule has 2 aliphatic rings. The van der Waals surface area contributed by atoms with Crippen LogP contribution >= 0.6 is 0 Å². The molecule has 0 aliphatic heterocycles. The Kier molecular flexibility index (Phi) is 10.1. The molecule has 0 amide bonds. The van der Waals surface area contributed by atoms with Crippen molar-refractivity contribution in [2.24, 2.45) is 0 Å². The minimum Gasteiger partial charge on any atom is -0.310 e. The maximum absolute atomic E-state index is 14.8. The van der Waals surface area contributed by atoms with Crippen molar-refractivity contribution in [3.05, 3.63) is 245 Å². The van der Waals surface area contributed by atoms with E-state index >= 15 is 0 Å². The molecule has 8 aromatic rings. The van der Waals surface area contributed by atoms with Gasteiger partial charge in [0.05, 0.1) is 11.6 Å². The van der Waals surface area contributed by atoms with Crippen LogP contribution in [0.1, 0.15) is 87.4 Å². The highest BCUT2D eigenvalue weighted by atomic mass is 19.3. The summed E-state index contributed by atoms with van der Waals surface area (Å²) in [4.78, 5) is 2.34. The Balaban J connectivity index is 1.06. The molecule has 0 saturated heterocycles. The number of nitriles is 1. The molecule has 62 heavy (non-hydrogen) atoms. The first-order valence-corrected chi connectivity index (χ1v) is 21.5. The van der Waals surface area contributed by atoms with Gasteiger partial charge in [0, 0.05) is 29.5 Å². The van der Waals surface area contributed by atoms with E-state index in [4.69, 9.17) is 0 Å². The molecule has 4 heteroatoms. The zero-order chi connectivity index (χ0) is 42.4. The van der Waals surface area contributed by atoms with Gasteiger partial charge in [-0.2, -0.15) is 5.26 Å². The summed E-state index contributed by atoms with van der Waals surface area (Å²) in [5, 5.41) is 9.42. The van der Waals surface area contributed by atoms with Gasteiger partial charge >= 0.3 is 0 Å². The van der Waals surface area contributed by atoms with Crippen molar-refractivity contribution in [3.8, 4) is 28.3 Å². The van der Waals surface area contributed by atoms with Gasteiger partial charge in [0.1, 0.15) is 0 Å². The predicted molar refractivity (Wildman–Crippen MR) is 249 cm³/mol. The first-order valence-electron chi connectivity index (χ1n) is 21.5. The molecule has 0 heterocycles. The summed E-state index contributed by atoms with van der Waals surface area (Å²) >= 11 is 0. The summed E-state index contributed by atoms with van der Waals surface area (Å²) in [6.45, 7) is 3.13. The van der Waals surface area contributed by atoms with Crippen molar-refractivity contribution >= 4 is 17.1 Å². The first-order chi connectivity index (χ1) is 30.3. The number of rotatable bonds is 11. The van der Waals surface area contributed by atoms with Crippen LogP contribution in [-0.2, 0) is 5.92 Å². The number of alkyl halides is 2. The molecule has 0 radical (unpaired) electrons. The van der Waals surface area contributed by atoms with E-state index in [1.807, 2.05) is 18.2 Å². The molecular formula is C58H46F2N2. The number of aryl methyl sites for hydroxylation is 1. The van der Waals surface area contributed by atoms with E-state index in [1.54, 1.807) is 12.1 Å². The smallest absolute Gasteiger partial charge is 0.271 e. The third-order valence-corrected chi connectivity index (χ3v) is 13.1. The normalized spacial score (nSPS) is 19.0. The van der Waals surface area contributed by atoms with Crippen LogP contribution < -0.4 is 4.90 Å². The van der Waals surface area contributed by atoms with Gasteiger partial charge in [0.25, 0.3) is 5.92 Å². The SMILES string of the molecule is Cc1ccc(C2C(c3ccccc3)C2c2ccccc2)cc1-c1cc(N(c2ccccc2)c2ccccc2)ccc1C1C[C@H]1c1ccc(-c2ccc(C#N)cc2C(C)(F)F)cc1. The minimum absolute atomic E-state index is 0.132. The second kappa shape index (κ2) is 16.1. The van der Waals surface area contributed by atoms with Crippen LogP contribution in [0.3, 0.4) is 0 Å². The highest BCUT2D eigenvalue weighted by Gasteiger charge is 2.52. The van der Waals surface area contributed by atoms with Crippen molar-refractivity contribution in [1.29, 1.82) is 5.26 Å². The van der Waals surface area contributed by atoms with E-state index in [9.17, 15) is 14.0 Å². The third-order valence-electron chi connectivity index (χ3n) is 13.1. The van der Waals surface area contributed by atoms with E-state index in [0.29, 0.717) is 28.9 Å². The quantitative estimate of drug-likeness (QED) is 0.130. The topological polar surface area (TPSA) is 27.0 Å². The van der Waals surface area contributed by atoms with E-state index in [-0.39, 0.29) is 23.0 Å². The van der Waals surface area contributed by atoms with Gasteiger partial charge in [0.15, 0.2) is 0 Å². The molecule has 8 aromatic carbocycles. The molecule has 2 fully saturated rings. The molecule has 0 spiro atoms. The van der Waals surface area contributed by atoms with Crippen molar-refractivity contribution in [3.63, 3.8) is 0 Å². The average molecular weight is 809 g/mol. The Bertz CT molecular complexity index is 2810. The fraction of sp³-hybridized carbons (Fsp3) is 0.155. The van der Waals surface area contributed by atoms with Crippen LogP contribution in [0, 0.1) is 18.3 Å². The Labute approximate surface area is 363 Å². The fourth-order valence-corrected chi connectivity index (χ4v) is 9.93. The van der Waals surface area contributed by atoms with Crippen molar-refractivity contribution in [2.75, 3.05) is 4.90 Å². The number of benzene rings is 8. The van der Waals surface area contributed by atoms with Gasteiger partial charge in [0.2, 0.25) is 0 Å². The molecule has 2 aliphatic carbocycles.